The van der Waals surface area contributed by atoms with Crippen LogP contribution in [0.2, 0.25) is 5.02 Å². The van der Waals surface area contributed by atoms with Crippen molar-refractivity contribution in [1.29, 1.82) is 0 Å². The molecule has 1 aromatic rings. The number of quaternary nitrogens is 1. The molecule has 0 fully saturated rings. The Kier molecular flexibility index (Phi) is 9.33. The van der Waals surface area contributed by atoms with E-state index in [1.54, 1.807) is 18.2 Å². The van der Waals surface area contributed by atoms with Crippen LogP contribution >= 0.6 is 11.6 Å². The molecule has 1 aromatic carbocycles. The Morgan fingerprint density at radius 2 is 1.78 bits per heavy atom. The predicted octanol–water partition coefficient (Wildman–Crippen LogP) is 1.49. The number of halogens is 1. The van der Waals surface area contributed by atoms with E-state index in [0.717, 1.165) is 17.7 Å². The highest BCUT2D eigenvalue weighted by Crippen LogP contribution is 2.19. The van der Waals surface area contributed by atoms with Gasteiger partial charge >= 0.3 is 0 Å². The van der Waals surface area contributed by atoms with Gasteiger partial charge in [-0.15, -0.1) is 0 Å². The first-order valence-electron chi connectivity index (χ1n) is 8.15. The van der Waals surface area contributed by atoms with Gasteiger partial charge in [0.15, 0.2) is 13.1 Å². The third-order valence-corrected chi connectivity index (χ3v) is 3.75. The molecule has 0 bridgehead atoms. The molecule has 128 valence electrons. The standard InChI is InChI=1S/C17H26ClN3O2/c1-3-4-5-8-11-19-16(22)12-21(2)13-17(23)20-15-10-7-6-9-14(15)18/h6-7,9-10H,3-5,8,11-13H2,1-2H3,(H,19,22)(H,20,23)/p+1. The van der Waals surface area contributed by atoms with Crippen LogP contribution in [0.15, 0.2) is 24.3 Å². The molecule has 1 unspecified atom stereocenters. The number of unbranched alkanes of at least 4 members (excludes halogenated alkanes) is 3. The maximum Gasteiger partial charge on any atom is 0.279 e. The van der Waals surface area contributed by atoms with E-state index in [-0.39, 0.29) is 24.9 Å². The molecule has 1 rings (SSSR count). The Bertz CT molecular complexity index is 508. The fraction of sp³-hybridized carbons (Fsp3) is 0.529. The van der Waals surface area contributed by atoms with Crippen LogP contribution in [0.4, 0.5) is 5.69 Å². The van der Waals surface area contributed by atoms with Gasteiger partial charge in [-0.25, -0.2) is 0 Å². The number of amides is 2. The van der Waals surface area contributed by atoms with Crippen LogP contribution < -0.4 is 15.5 Å². The Balaban J connectivity index is 2.24. The molecule has 0 saturated carbocycles. The lowest BCUT2D eigenvalue weighted by Crippen LogP contribution is -3.11. The van der Waals surface area contributed by atoms with E-state index in [0.29, 0.717) is 17.3 Å². The number of hydrogen-bond acceptors (Lipinski definition) is 2. The molecule has 2 amide bonds. The molecule has 3 N–H and O–H groups in total. The summed E-state index contributed by atoms with van der Waals surface area (Å²) in [4.78, 5) is 24.6. The van der Waals surface area contributed by atoms with Gasteiger partial charge in [0.05, 0.1) is 17.8 Å². The third-order valence-electron chi connectivity index (χ3n) is 3.43. The molecule has 0 aliphatic carbocycles. The minimum Gasteiger partial charge on any atom is -0.351 e. The van der Waals surface area contributed by atoms with Gasteiger partial charge in [0.2, 0.25) is 0 Å². The van der Waals surface area contributed by atoms with Crippen molar-refractivity contribution in [3.05, 3.63) is 29.3 Å². The second-order valence-corrected chi connectivity index (χ2v) is 6.16. The molecule has 0 saturated heterocycles. The smallest absolute Gasteiger partial charge is 0.279 e. The summed E-state index contributed by atoms with van der Waals surface area (Å²) in [5.41, 5.74) is 0.590. The van der Waals surface area contributed by atoms with E-state index < -0.39 is 0 Å². The van der Waals surface area contributed by atoms with Gasteiger partial charge in [-0.2, -0.15) is 0 Å². The number of anilines is 1. The molecule has 5 nitrogen and oxygen atoms in total. The average molecular weight is 341 g/mol. The second kappa shape index (κ2) is 11.0. The molecular weight excluding hydrogens is 314 g/mol. The van der Waals surface area contributed by atoms with Crippen LogP contribution in [0.5, 0.6) is 0 Å². The van der Waals surface area contributed by atoms with E-state index in [1.165, 1.54) is 12.8 Å². The van der Waals surface area contributed by atoms with Gasteiger partial charge in [0, 0.05) is 6.54 Å². The van der Waals surface area contributed by atoms with Gasteiger partial charge in [-0.3, -0.25) is 9.59 Å². The first-order chi connectivity index (χ1) is 11.0. The molecule has 0 aromatic heterocycles. The summed E-state index contributed by atoms with van der Waals surface area (Å²) in [7, 11) is 1.82. The van der Waals surface area contributed by atoms with Crippen LogP contribution in [0.1, 0.15) is 32.6 Å². The predicted molar refractivity (Wildman–Crippen MR) is 93.9 cm³/mol. The maximum absolute atomic E-state index is 12.0. The Labute approximate surface area is 143 Å². The normalized spacial score (nSPS) is 11.8. The van der Waals surface area contributed by atoms with Gasteiger partial charge < -0.3 is 15.5 Å². The quantitative estimate of drug-likeness (QED) is 0.565. The molecule has 0 aliphatic heterocycles. The van der Waals surface area contributed by atoms with Gasteiger partial charge in [0.1, 0.15) is 0 Å². The summed E-state index contributed by atoms with van der Waals surface area (Å²) in [6.07, 6.45) is 4.52. The van der Waals surface area contributed by atoms with Crippen molar-refractivity contribution < 1.29 is 14.5 Å². The highest BCUT2D eigenvalue weighted by molar-refractivity contribution is 6.33. The molecule has 0 radical (unpaired) electrons. The van der Waals surface area contributed by atoms with Crippen molar-refractivity contribution in [1.82, 2.24) is 5.32 Å². The lowest BCUT2D eigenvalue weighted by atomic mass is 10.2. The Morgan fingerprint density at radius 1 is 1.09 bits per heavy atom. The van der Waals surface area contributed by atoms with Crippen LogP contribution in [-0.4, -0.2) is 38.5 Å². The van der Waals surface area contributed by atoms with Crippen molar-refractivity contribution in [2.45, 2.75) is 32.6 Å². The average Bonchev–Trinajstić information content (AvgIpc) is 2.49. The molecular formula is C17H27ClN3O2+. The second-order valence-electron chi connectivity index (χ2n) is 5.75. The van der Waals surface area contributed by atoms with Gasteiger partial charge in [-0.1, -0.05) is 49.9 Å². The first kappa shape index (κ1) is 19.5. The highest BCUT2D eigenvalue weighted by atomic mass is 35.5. The Morgan fingerprint density at radius 3 is 2.48 bits per heavy atom. The van der Waals surface area contributed by atoms with Crippen molar-refractivity contribution >= 4 is 29.1 Å². The van der Waals surface area contributed by atoms with Gasteiger partial charge in [-0.05, 0) is 18.6 Å². The molecule has 6 heteroatoms. The monoisotopic (exact) mass is 340 g/mol. The van der Waals surface area contributed by atoms with Crippen molar-refractivity contribution in [3.63, 3.8) is 0 Å². The SMILES string of the molecule is CCCCCCNC(=O)C[NH+](C)CC(=O)Nc1ccccc1Cl. The van der Waals surface area contributed by atoms with Crippen LogP contribution in [0, 0.1) is 0 Å². The van der Waals surface area contributed by atoms with E-state index in [4.69, 9.17) is 11.6 Å². The number of hydrogen-bond donors (Lipinski definition) is 3. The van der Waals surface area contributed by atoms with E-state index >= 15 is 0 Å². The molecule has 0 spiro atoms. The minimum atomic E-state index is -0.161. The van der Waals surface area contributed by atoms with E-state index in [1.807, 2.05) is 13.1 Å². The fourth-order valence-corrected chi connectivity index (χ4v) is 2.39. The van der Waals surface area contributed by atoms with E-state index in [9.17, 15) is 9.59 Å². The zero-order chi connectivity index (χ0) is 17.1. The Hall–Kier alpha value is -1.59. The fourth-order valence-electron chi connectivity index (χ4n) is 2.21. The topological polar surface area (TPSA) is 62.6 Å². The number of para-hydroxylation sites is 1. The molecule has 23 heavy (non-hydrogen) atoms. The number of benzene rings is 1. The summed E-state index contributed by atoms with van der Waals surface area (Å²) >= 11 is 6.00. The molecule has 1 atom stereocenters. The minimum absolute atomic E-state index is 0.0236. The van der Waals surface area contributed by atoms with Crippen molar-refractivity contribution in [3.8, 4) is 0 Å². The lowest BCUT2D eigenvalue weighted by molar-refractivity contribution is -0.862. The van der Waals surface area contributed by atoms with Gasteiger partial charge in [0.25, 0.3) is 11.8 Å². The number of likely N-dealkylation sites (N-methyl/N-ethyl adjacent to an activating group) is 1. The number of nitrogens with one attached hydrogen (secondary N) is 3. The summed E-state index contributed by atoms with van der Waals surface area (Å²) < 4.78 is 0. The summed E-state index contributed by atoms with van der Waals surface area (Å²) in [5.74, 6) is -0.184. The zero-order valence-electron chi connectivity index (χ0n) is 14.0. The first-order valence-corrected chi connectivity index (χ1v) is 8.53. The van der Waals surface area contributed by atoms with Crippen molar-refractivity contribution in [2.75, 3.05) is 32.0 Å². The number of carbonyl (C=O) groups is 2. The van der Waals surface area contributed by atoms with Crippen molar-refractivity contribution in [2.24, 2.45) is 0 Å². The summed E-state index contributed by atoms with van der Waals surface area (Å²) in [6, 6.07) is 7.09. The van der Waals surface area contributed by atoms with Crippen LogP contribution in [0.25, 0.3) is 0 Å². The van der Waals surface area contributed by atoms with E-state index in [2.05, 4.69) is 17.6 Å². The van der Waals surface area contributed by atoms with Crippen LogP contribution in [0.3, 0.4) is 0 Å². The summed E-state index contributed by atoms with van der Waals surface area (Å²) in [5, 5.41) is 6.15. The molecule has 0 heterocycles. The van der Waals surface area contributed by atoms with Crippen LogP contribution in [-0.2, 0) is 9.59 Å². The highest BCUT2D eigenvalue weighted by Gasteiger charge is 2.14. The number of rotatable bonds is 10. The zero-order valence-corrected chi connectivity index (χ0v) is 14.7. The maximum atomic E-state index is 12.0. The lowest BCUT2D eigenvalue weighted by Gasteiger charge is -2.14. The molecule has 0 aliphatic rings. The third kappa shape index (κ3) is 8.57. The number of carbonyl (C=O) groups excluding carboxylic acids is 2. The summed E-state index contributed by atoms with van der Waals surface area (Å²) in [6.45, 7) is 3.36. The largest absolute Gasteiger partial charge is 0.351 e.